The highest BCUT2D eigenvalue weighted by molar-refractivity contribution is 7.14. The highest BCUT2D eigenvalue weighted by Crippen LogP contribution is 2.29. The first kappa shape index (κ1) is 14.8. The molecule has 106 valence electrons. The number of amides is 1. The molecule has 5 heteroatoms. The minimum absolute atomic E-state index is 0. The van der Waals surface area contributed by atoms with Crippen molar-refractivity contribution in [3.63, 3.8) is 0 Å². The molecule has 2 N–H and O–H groups in total. The maximum absolute atomic E-state index is 12.2. The first-order chi connectivity index (χ1) is 8.83. The standard InChI is InChI=1S/C14H20N2OS.ClH/c17-14(16-11-5-3-7-15-9-11)13-8-10-4-1-2-6-12(10)18-13;/h8,11,15H,1-7,9H2,(H,16,17);1H/t11-;/m1./s1. The van der Waals surface area contributed by atoms with Gasteiger partial charge in [-0.05, 0) is 56.7 Å². The lowest BCUT2D eigenvalue weighted by Crippen LogP contribution is -2.45. The Bertz CT molecular complexity index is 417. The molecule has 19 heavy (non-hydrogen) atoms. The summed E-state index contributed by atoms with van der Waals surface area (Å²) in [7, 11) is 0. The van der Waals surface area contributed by atoms with Crippen LogP contribution in [0.4, 0.5) is 0 Å². The quantitative estimate of drug-likeness (QED) is 0.881. The molecule has 2 aliphatic rings. The second-order valence-electron chi connectivity index (χ2n) is 5.28. The Labute approximate surface area is 124 Å². The van der Waals surface area contributed by atoms with Crippen LogP contribution in [0, 0.1) is 0 Å². The molecule has 0 radical (unpaired) electrons. The van der Waals surface area contributed by atoms with Crippen LogP contribution in [-0.2, 0) is 12.8 Å². The summed E-state index contributed by atoms with van der Waals surface area (Å²) in [5.74, 6) is 0.128. The van der Waals surface area contributed by atoms with Gasteiger partial charge in [-0.1, -0.05) is 0 Å². The van der Waals surface area contributed by atoms with Crippen molar-refractivity contribution in [3.8, 4) is 0 Å². The fourth-order valence-corrected chi connectivity index (χ4v) is 3.99. The minimum Gasteiger partial charge on any atom is -0.347 e. The van der Waals surface area contributed by atoms with E-state index in [2.05, 4.69) is 16.7 Å². The van der Waals surface area contributed by atoms with Gasteiger partial charge in [0.1, 0.15) is 0 Å². The van der Waals surface area contributed by atoms with Crippen molar-refractivity contribution in [1.29, 1.82) is 0 Å². The molecule has 3 rings (SSSR count). The van der Waals surface area contributed by atoms with Gasteiger partial charge in [0.15, 0.2) is 0 Å². The molecule has 1 atom stereocenters. The van der Waals surface area contributed by atoms with E-state index in [0.29, 0.717) is 6.04 Å². The maximum atomic E-state index is 12.2. The third kappa shape index (κ3) is 3.50. The Kier molecular flexibility index (Phi) is 5.25. The van der Waals surface area contributed by atoms with E-state index in [-0.39, 0.29) is 18.3 Å². The molecule has 1 fully saturated rings. The van der Waals surface area contributed by atoms with Crippen LogP contribution >= 0.6 is 23.7 Å². The number of nitrogens with one attached hydrogen (secondary N) is 2. The molecule has 0 aromatic carbocycles. The van der Waals surface area contributed by atoms with Crippen LogP contribution in [0.15, 0.2) is 6.07 Å². The van der Waals surface area contributed by atoms with Crippen molar-refractivity contribution in [3.05, 3.63) is 21.4 Å². The minimum atomic E-state index is 0. The second-order valence-corrected chi connectivity index (χ2v) is 6.42. The van der Waals surface area contributed by atoms with Crippen LogP contribution in [0.5, 0.6) is 0 Å². The largest absolute Gasteiger partial charge is 0.347 e. The number of fused-ring (bicyclic) bond motifs is 1. The van der Waals surface area contributed by atoms with Gasteiger partial charge in [0.05, 0.1) is 4.88 Å². The van der Waals surface area contributed by atoms with Crippen molar-refractivity contribution in [2.75, 3.05) is 13.1 Å². The lowest BCUT2D eigenvalue weighted by molar-refractivity contribution is 0.0935. The first-order valence-electron chi connectivity index (χ1n) is 6.96. The average molecular weight is 301 g/mol. The van der Waals surface area contributed by atoms with E-state index >= 15 is 0 Å². The molecule has 1 aromatic heterocycles. The number of carbonyl (C=O) groups excluding carboxylic acids is 1. The number of hydrogen-bond donors (Lipinski definition) is 2. The van der Waals surface area contributed by atoms with Crippen LogP contribution in [0.1, 0.15) is 45.8 Å². The van der Waals surface area contributed by atoms with Crippen LogP contribution in [-0.4, -0.2) is 25.0 Å². The number of thiophene rings is 1. The summed E-state index contributed by atoms with van der Waals surface area (Å²) in [6.45, 7) is 2.00. The summed E-state index contributed by atoms with van der Waals surface area (Å²) < 4.78 is 0. The van der Waals surface area contributed by atoms with Gasteiger partial charge >= 0.3 is 0 Å². The molecule has 0 saturated carbocycles. The van der Waals surface area contributed by atoms with E-state index in [1.54, 1.807) is 11.3 Å². The fourth-order valence-electron chi connectivity index (χ4n) is 2.83. The average Bonchev–Trinajstić information content (AvgIpc) is 2.84. The van der Waals surface area contributed by atoms with E-state index in [1.165, 1.54) is 23.3 Å². The van der Waals surface area contributed by atoms with Gasteiger partial charge in [0.25, 0.3) is 5.91 Å². The molecule has 1 aliphatic heterocycles. The van der Waals surface area contributed by atoms with Crippen LogP contribution < -0.4 is 10.6 Å². The SMILES string of the molecule is Cl.O=C(N[C@@H]1CCCNC1)c1cc2c(s1)CCCC2. The Balaban J connectivity index is 0.00000133. The van der Waals surface area contributed by atoms with Gasteiger partial charge < -0.3 is 10.6 Å². The highest BCUT2D eigenvalue weighted by atomic mass is 35.5. The van der Waals surface area contributed by atoms with E-state index < -0.39 is 0 Å². The second kappa shape index (κ2) is 6.73. The molecular weight excluding hydrogens is 280 g/mol. The molecule has 1 aromatic rings. The normalized spacial score (nSPS) is 22.2. The topological polar surface area (TPSA) is 41.1 Å². The van der Waals surface area contributed by atoms with Crippen molar-refractivity contribution < 1.29 is 4.79 Å². The maximum Gasteiger partial charge on any atom is 0.261 e. The van der Waals surface area contributed by atoms with Gasteiger partial charge in [-0.25, -0.2) is 0 Å². The number of hydrogen-bond acceptors (Lipinski definition) is 3. The lowest BCUT2D eigenvalue weighted by Gasteiger charge is -2.23. The van der Waals surface area contributed by atoms with E-state index in [0.717, 1.165) is 43.6 Å². The third-order valence-electron chi connectivity index (χ3n) is 3.85. The molecule has 2 heterocycles. The zero-order valence-corrected chi connectivity index (χ0v) is 12.7. The Morgan fingerprint density at radius 3 is 2.89 bits per heavy atom. The van der Waals surface area contributed by atoms with Crippen LogP contribution in [0.2, 0.25) is 0 Å². The summed E-state index contributed by atoms with van der Waals surface area (Å²) in [4.78, 5) is 14.6. The predicted octanol–water partition coefficient (Wildman–Crippen LogP) is 2.53. The summed E-state index contributed by atoms with van der Waals surface area (Å²) in [5, 5.41) is 6.48. The van der Waals surface area contributed by atoms with Crippen LogP contribution in [0.3, 0.4) is 0 Å². The molecule has 1 aliphatic carbocycles. The van der Waals surface area contributed by atoms with Crippen molar-refractivity contribution in [1.82, 2.24) is 10.6 Å². The third-order valence-corrected chi connectivity index (χ3v) is 5.09. The van der Waals surface area contributed by atoms with E-state index in [9.17, 15) is 4.79 Å². The van der Waals surface area contributed by atoms with Gasteiger partial charge in [0, 0.05) is 17.5 Å². The fraction of sp³-hybridized carbons (Fsp3) is 0.643. The van der Waals surface area contributed by atoms with Gasteiger partial charge in [-0.2, -0.15) is 0 Å². The van der Waals surface area contributed by atoms with Gasteiger partial charge in [-0.15, -0.1) is 23.7 Å². The van der Waals surface area contributed by atoms with Gasteiger partial charge in [0.2, 0.25) is 0 Å². The van der Waals surface area contributed by atoms with Crippen molar-refractivity contribution >= 4 is 29.7 Å². The number of rotatable bonds is 2. The molecule has 0 bridgehead atoms. The molecular formula is C14H21ClN2OS. The number of piperidine rings is 1. The number of halogens is 1. The zero-order valence-electron chi connectivity index (χ0n) is 11.0. The van der Waals surface area contributed by atoms with E-state index in [1.807, 2.05) is 0 Å². The van der Waals surface area contributed by atoms with Crippen molar-refractivity contribution in [2.24, 2.45) is 0 Å². The van der Waals surface area contributed by atoms with Crippen molar-refractivity contribution in [2.45, 2.75) is 44.6 Å². The summed E-state index contributed by atoms with van der Waals surface area (Å²) >= 11 is 1.70. The lowest BCUT2D eigenvalue weighted by atomic mass is 9.99. The monoisotopic (exact) mass is 300 g/mol. The van der Waals surface area contributed by atoms with Crippen LogP contribution in [0.25, 0.3) is 0 Å². The zero-order chi connectivity index (χ0) is 12.4. The first-order valence-corrected chi connectivity index (χ1v) is 7.78. The Morgan fingerprint density at radius 2 is 2.16 bits per heavy atom. The molecule has 0 unspecified atom stereocenters. The number of carbonyl (C=O) groups is 1. The smallest absolute Gasteiger partial charge is 0.261 e. The molecule has 1 saturated heterocycles. The Hall–Kier alpha value is -0.580. The summed E-state index contributed by atoms with van der Waals surface area (Å²) in [6, 6.07) is 2.43. The van der Waals surface area contributed by atoms with E-state index in [4.69, 9.17) is 0 Å². The molecule has 1 amide bonds. The summed E-state index contributed by atoms with van der Waals surface area (Å²) in [6.07, 6.45) is 7.14. The molecule has 3 nitrogen and oxygen atoms in total. The summed E-state index contributed by atoms with van der Waals surface area (Å²) in [5.41, 5.74) is 1.41. The highest BCUT2D eigenvalue weighted by Gasteiger charge is 2.20. The van der Waals surface area contributed by atoms with Gasteiger partial charge in [-0.3, -0.25) is 4.79 Å². The Morgan fingerprint density at radius 1 is 1.32 bits per heavy atom. The molecule has 0 spiro atoms. The number of aryl methyl sites for hydroxylation is 2. The predicted molar refractivity (Wildman–Crippen MR) is 81.6 cm³/mol.